The minimum absolute atomic E-state index is 0.0677. The van der Waals surface area contributed by atoms with Gasteiger partial charge in [-0.25, -0.2) is 0 Å². The molecule has 2 aromatic rings. The molecule has 0 saturated carbocycles. The summed E-state index contributed by atoms with van der Waals surface area (Å²) in [6, 6.07) is 12.2. The Balaban J connectivity index is 1.81. The van der Waals surface area contributed by atoms with Gasteiger partial charge in [0, 0.05) is 23.5 Å². The molecule has 1 aliphatic rings. The van der Waals surface area contributed by atoms with E-state index in [1.54, 1.807) is 30.3 Å². The van der Waals surface area contributed by atoms with Crippen LogP contribution < -0.4 is 0 Å². The highest BCUT2D eigenvalue weighted by molar-refractivity contribution is 6.36. The molecule has 0 spiro atoms. The minimum Gasteiger partial charge on any atom is -0.508 e. The summed E-state index contributed by atoms with van der Waals surface area (Å²) in [5, 5.41) is 20.0. The van der Waals surface area contributed by atoms with E-state index in [1.807, 2.05) is 24.3 Å². The van der Waals surface area contributed by atoms with E-state index in [9.17, 15) is 9.90 Å². The van der Waals surface area contributed by atoms with Gasteiger partial charge in [0.1, 0.15) is 5.75 Å². The normalized spacial score (nSPS) is 22.1. The molecule has 3 rings (SSSR count). The Morgan fingerprint density at radius 2 is 1.83 bits per heavy atom. The van der Waals surface area contributed by atoms with Crippen LogP contribution in [-0.4, -0.2) is 22.8 Å². The molecular formula is C22H22Cl2O5. The van der Waals surface area contributed by atoms with Gasteiger partial charge in [0.2, 0.25) is 0 Å². The van der Waals surface area contributed by atoms with Gasteiger partial charge in [-0.2, -0.15) is 0 Å². The second-order valence-corrected chi connectivity index (χ2v) is 7.63. The highest BCUT2D eigenvalue weighted by Gasteiger charge is 2.36. The summed E-state index contributed by atoms with van der Waals surface area (Å²) < 4.78 is 12.2. The van der Waals surface area contributed by atoms with E-state index < -0.39 is 18.4 Å². The fraction of sp³-hybridized carbons (Fsp3) is 0.318. The van der Waals surface area contributed by atoms with Crippen molar-refractivity contribution in [1.29, 1.82) is 0 Å². The van der Waals surface area contributed by atoms with E-state index in [0.717, 1.165) is 0 Å². The van der Waals surface area contributed by atoms with Crippen molar-refractivity contribution < 1.29 is 24.5 Å². The average molecular weight is 437 g/mol. The number of allylic oxidation sites excluding steroid dienone is 2. The van der Waals surface area contributed by atoms with Gasteiger partial charge < -0.3 is 19.7 Å². The van der Waals surface area contributed by atoms with Crippen molar-refractivity contribution in [3.63, 3.8) is 0 Å². The number of phenolic OH excluding ortho intramolecular Hbond substituents is 1. The number of benzene rings is 2. The molecule has 0 unspecified atom stereocenters. The zero-order valence-corrected chi connectivity index (χ0v) is 17.1. The van der Waals surface area contributed by atoms with Crippen LogP contribution >= 0.6 is 23.2 Å². The standard InChI is InChI=1S/C22H22Cl2O5/c23-16-9-6-10-17(24)20(16)22-28-13-14(7-2-1-3-12-19(26)27)21(29-22)15-8-4-5-11-18(15)25/h1-2,4-6,8-11,14,21-22,25H,3,7,12-13H2,(H,26,27)/b2-1-/t14-,21+,22+/m1/s1. The predicted molar refractivity (Wildman–Crippen MR) is 111 cm³/mol. The first-order valence-electron chi connectivity index (χ1n) is 9.33. The second kappa shape index (κ2) is 10.1. The molecule has 3 atom stereocenters. The number of para-hydroxylation sites is 1. The largest absolute Gasteiger partial charge is 0.508 e. The molecule has 0 radical (unpaired) electrons. The SMILES string of the molecule is O=C(O)CC/C=C\C[C@@H]1CO[C@H](c2c(Cl)cccc2Cl)O[C@@H]1c1ccccc1O. The van der Waals surface area contributed by atoms with Crippen LogP contribution in [0.15, 0.2) is 54.6 Å². The topological polar surface area (TPSA) is 76.0 Å². The molecule has 0 bridgehead atoms. The maximum Gasteiger partial charge on any atom is 0.303 e. The molecule has 5 nitrogen and oxygen atoms in total. The van der Waals surface area contributed by atoms with E-state index in [4.69, 9.17) is 37.8 Å². The highest BCUT2D eigenvalue weighted by atomic mass is 35.5. The molecule has 2 N–H and O–H groups in total. The van der Waals surface area contributed by atoms with Crippen LogP contribution in [0.4, 0.5) is 0 Å². The second-order valence-electron chi connectivity index (χ2n) is 6.82. The Bertz CT molecular complexity index is 863. The van der Waals surface area contributed by atoms with Crippen LogP contribution in [0.5, 0.6) is 5.75 Å². The number of carboxylic acids is 1. The van der Waals surface area contributed by atoms with Crippen molar-refractivity contribution in [2.75, 3.05) is 6.61 Å². The Kier molecular flexibility index (Phi) is 7.56. The van der Waals surface area contributed by atoms with Gasteiger partial charge in [0.25, 0.3) is 0 Å². The van der Waals surface area contributed by atoms with Gasteiger partial charge in [-0.1, -0.05) is 59.6 Å². The van der Waals surface area contributed by atoms with Crippen molar-refractivity contribution in [3.05, 3.63) is 75.8 Å². The Morgan fingerprint density at radius 3 is 2.52 bits per heavy atom. The van der Waals surface area contributed by atoms with Crippen LogP contribution in [-0.2, 0) is 14.3 Å². The average Bonchev–Trinajstić information content (AvgIpc) is 2.68. The zero-order chi connectivity index (χ0) is 20.8. The van der Waals surface area contributed by atoms with E-state index in [0.29, 0.717) is 40.6 Å². The summed E-state index contributed by atoms with van der Waals surface area (Å²) in [6.45, 7) is 0.370. The van der Waals surface area contributed by atoms with Gasteiger partial charge >= 0.3 is 5.97 Å². The molecule has 1 aliphatic heterocycles. The highest BCUT2D eigenvalue weighted by Crippen LogP contribution is 2.45. The maximum atomic E-state index is 10.6. The smallest absolute Gasteiger partial charge is 0.303 e. The number of halogens is 2. The third-order valence-electron chi connectivity index (χ3n) is 4.77. The molecular weight excluding hydrogens is 415 g/mol. The number of aliphatic carboxylic acids is 1. The lowest BCUT2D eigenvalue weighted by atomic mass is 9.91. The number of rotatable bonds is 7. The van der Waals surface area contributed by atoms with Crippen LogP contribution in [0, 0.1) is 5.92 Å². The molecule has 0 aromatic heterocycles. The summed E-state index contributed by atoms with van der Waals surface area (Å²) in [7, 11) is 0. The van der Waals surface area contributed by atoms with Gasteiger partial charge in [0.15, 0.2) is 6.29 Å². The lowest BCUT2D eigenvalue weighted by Gasteiger charge is -2.37. The van der Waals surface area contributed by atoms with Gasteiger partial charge in [-0.3, -0.25) is 4.79 Å². The van der Waals surface area contributed by atoms with E-state index in [1.165, 1.54) is 0 Å². The fourth-order valence-electron chi connectivity index (χ4n) is 3.31. The number of hydrogen-bond acceptors (Lipinski definition) is 4. The minimum atomic E-state index is -0.828. The molecule has 0 amide bonds. The third kappa shape index (κ3) is 5.52. The summed E-state index contributed by atoms with van der Waals surface area (Å²) >= 11 is 12.6. The monoisotopic (exact) mass is 436 g/mol. The summed E-state index contributed by atoms with van der Waals surface area (Å²) in [4.78, 5) is 10.6. The first-order valence-corrected chi connectivity index (χ1v) is 10.1. The van der Waals surface area contributed by atoms with Gasteiger partial charge in [-0.05, 0) is 31.0 Å². The third-order valence-corrected chi connectivity index (χ3v) is 5.43. The number of ether oxygens (including phenoxy) is 2. The lowest BCUT2D eigenvalue weighted by molar-refractivity contribution is -0.244. The van der Waals surface area contributed by atoms with Crippen LogP contribution in [0.3, 0.4) is 0 Å². The number of carboxylic acid groups (broad SMARTS) is 1. The number of aromatic hydroxyl groups is 1. The Morgan fingerprint density at radius 1 is 1.10 bits per heavy atom. The van der Waals surface area contributed by atoms with Crippen LogP contribution in [0.2, 0.25) is 10.0 Å². The summed E-state index contributed by atoms with van der Waals surface area (Å²) in [6.07, 6.45) is 3.73. The summed E-state index contributed by atoms with van der Waals surface area (Å²) in [5.41, 5.74) is 1.22. The molecule has 0 aliphatic carbocycles. The summed E-state index contributed by atoms with van der Waals surface area (Å²) in [5.74, 6) is -0.754. The zero-order valence-electron chi connectivity index (χ0n) is 15.6. The first-order chi connectivity index (χ1) is 14.0. The fourth-order valence-corrected chi connectivity index (χ4v) is 3.89. The quantitative estimate of drug-likeness (QED) is 0.527. The number of phenols is 1. The van der Waals surface area contributed by atoms with Crippen LogP contribution in [0.25, 0.3) is 0 Å². The number of hydrogen-bond donors (Lipinski definition) is 2. The molecule has 1 fully saturated rings. The van der Waals surface area contributed by atoms with E-state index >= 15 is 0 Å². The molecule has 1 saturated heterocycles. The van der Waals surface area contributed by atoms with Crippen molar-refractivity contribution >= 4 is 29.2 Å². The van der Waals surface area contributed by atoms with Crippen LogP contribution in [0.1, 0.15) is 42.8 Å². The molecule has 154 valence electrons. The molecule has 2 aromatic carbocycles. The van der Waals surface area contributed by atoms with Crippen molar-refractivity contribution in [3.8, 4) is 5.75 Å². The van der Waals surface area contributed by atoms with Gasteiger partial charge in [-0.15, -0.1) is 0 Å². The van der Waals surface area contributed by atoms with E-state index in [-0.39, 0.29) is 18.1 Å². The number of carbonyl (C=O) groups is 1. The molecule has 7 heteroatoms. The Labute approximate surface area is 179 Å². The first kappa shape index (κ1) is 21.7. The maximum absolute atomic E-state index is 10.6. The van der Waals surface area contributed by atoms with Crippen molar-refractivity contribution in [1.82, 2.24) is 0 Å². The predicted octanol–water partition coefficient (Wildman–Crippen LogP) is 5.91. The van der Waals surface area contributed by atoms with E-state index in [2.05, 4.69) is 0 Å². The Hall–Kier alpha value is -2.05. The lowest BCUT2D eigenvalue weighted by Crippen LogP contribution is -2.30. The van der Waals surface area contributed by atoms with Crippen molar-refractivity contribution in [2.24, 2.45) is 5.92 Å². The molecule has 1 heterocycles. The van der Waals surface area contributed by atoms with Crippen molar-refractivity contribution in [2.45, 2.75) is 31.7 Å². The molecule has 29 heavy (non-hydrogen) atoms. The van der Waals surface area contributed by atoms with Gasteiger partial charge in [0.05, 0.1) is 22.8 Å².